The third kappa shape index (κ3) is 0.890. The second-order valence-electron chi connectivity index (χ2n) is 4.92. The van der Waals surface area contributed by atoms with Gasteiger partial charge in [0.2, 0.25) is 0 Å². The molecular formula is C12H12ClF. The van der Waals surface area contributed by atoms with Crippen LogP contribution < -0.4 is 0 Å². The van der Waals surface area contributed by atoms with Crippen LogP contribution in [0, 0.1) is 11.2 Å². The van der Waals surface area contributed by atoms with E-state index in [4.69, 9.17) is 11.6 Å². The van der Waals surface area contributed by atoms with Crippen molar-refractivity contribution >= 4 is 11.6 Å². The van der Waals surface area contributed by atoms with Gasteiger partial charge in [0.05, 0.1) is 0 Å². The molecule has 0 aliphatic heterocycles. The smallest absolute Gasteiger partial charge is 0.126 e. The summed E-state index contributed by atoms with van der Waals surface area (Å²) in [5.41, 5.74) is 1.43. The minimum Gasteiger partial charge on any atom is -0.207 e. The second-order valence-corrected chi connectivity index (χ2v) is 5.19. The average molecular weight is 211 g/mol. The van der Waals surface area contributed by atoms with Crippen molar-refractivity contribution in [3.63, 3.8) is 0 Å². The van der Waals surface area contributed by atoms with E-state index in [0.29, 0.717) is 5.41 Å². The van der Waals surface area contributed by atoms with Crippen molar-refractivity contribution in [1.29, 1.82) is 0 Å². The molecule has 3 saturated carbocycles. The van der Waals surface area contributed by atoms with Gasteiger partial charge in [-0.05, 0) is 41.7 Å². The fourth-order valence-corrected chi connectivity index (χ4v) is 3.60. The van der Waals surface area contributed by atoms with E-state index in [1.807, 2.05) is 12.1 Å². The molecule has 1 aromatic rings. The molecule has 74 valence electrons. The van der Waals surface area contributed by atoms with Crippen molar-refractivity contribution in [3.05, 3.63) is 35.6 Å². The molecule has 3 aliphatic rings. The second kappa shape index (κ2) is 2.52. The van der Waals surface area contributed by atoms with Crippen LogP contribution in [0.1, 0.15) is 24.8 Å². The van der Waals surface area contributed by atoms with Crippen LogP contribution in [0.5, 0.6) is 0 Å². The lowest BCUT2D eigenvalue weighted by Crippen LogP contribution is -2.65. The fraction of sp³-hybridized carbons (Fsp3) is 0.500. The Morgan fingerprint density at radius 1 is 1.21 bits per heavy atom. The molecule has 2 heteroatoms. The van der Waals surface area contributed by atoms with Crippen LogP contribution in [0.4, 0.5) is 4.39 Å². The molecule has 0 heterocycles. The highest BCUT2D eigenvalue weighted by molar-refractivity contribution is 6.18. The summed E-state index contributed by atoms with van der Waals surface area (Å²) in [5.74, 6) is 0.693. The molecule has 4 rings (SSSR count). The van der Waals surface area contributed by atoms with Crippen molar-refractivity contribution in [2.45, 2.75) is 24.7 Å². The first-order chi connectivity index (χ1) is 6.70. The highest BCUT2D eigenvalue weighted by Gasteiger charge is 2.68. The van der Waals surface area contributed by atoms with Gasteiger partial charge in [0.25, 0.3) is 0 Å². The van der Waals surface area contributed by atoms with E-state index in [0.717, 1.165) is 30.7 Å². The molecule has 3 aliphatic carbocycles. The zero-order chi connectivity index (χ0) is 9.81. The van der Waals surface area contributed by atoms with Gasteiger partial charge >= 0.3 is 0 Å². The van der Waals surface area contributed by atoms with E-state index in [1.165, 1.54) is 0 Å². The molecule has 1 aromatic carbocycles. The fourth-order valence-electron chi connectivity index (χ4n) is 3.32. The van der Waals surface area contributed by atoms with Crippen LogP contribution in [0.2, 0.25) is 0 Å². The average Bonchev–Trinajstić information content (AvgIpc) is 2.04. The van der Waals surface area contributed by atoms with Gasteiger partial charge in [-0.25, -0.2) is 4.39 Å². The molecule has 2 bridgehead atoms. The monoisotopic (exact) mass is 210 g/mol. The minimum absolute atomic E-state index is 0.0460. The van der Waals surface area contributed by atoms with E-state index in [-0.39, 0.29) is 11.2 Å². The molecule has 0 atom stereocenters. The van der Waals surface area contributed by atoms with Gasteiger partial charge in [-0.3, -0.25) is 0 Å². The van der Waals surface area contributed by atoms with Crippen LogP contribution in [0.3, 0.4) is 0 Å². The van der Waals surface area contributed by atoms with Gasteiger partial charge in [-0.2, -0.15) is 0 Å². The predicted octanol–water partition coefficient (Wildman–Crippen LogP) is 3.49. The van der Waals surface area contributed by atoms with Gasteiger partial charge in [0, 0.05) is 5.88 Å². The lowest BCUT2D eigenvalue weighted by Gasteiger charge is -2.70. The van der Waals surface area contributed by atoms with E-state index in [9.17, 15) is 4.39 Å². The van der Waals surface area contributed by atoms with Crippen LogP contribution in [0.15, 0.2) is 24.3 Å². The highest BCUT2D eigenvalue weighted by atomic mass is 35.5. The van der Waals surface area contributed by atoms with E-state index < -0.39 is 0 Å². The molecule has 0 aromatic heterocycles. The number of alkyl halides is 1. The summed E-state index contributed by atoms with van der Waals surface area (Å²) in [7, 11) is 0. The molecule has 3 fully saturated rings. The Morgan fingerprint density at radius 2 is 1.86 bits per heavy atom. The maximum atomic E-state index is 13.5. The maximum absolute atomic E-state index is 13.5. The van der Waals surface area contributed by atoms with E-state index in [2.05, 4.69) is 0 Å². The van der Waals surface area contributed by atoms with E-state index >= 15 is 0 Å². The van der Waals surface area contributed by atoms with Gasteiger partial charge < -0.3 is 0 Å². The molecule has 0 unspecified atom stereocenters. The standard InChI is InChI=1S/C12H12ClF/c13-8-11-5-12(6-11,7-11)9-3-1-2-4-10(9)14/h1-4H,5-8H2. The molecule has 0 radical (unpaired) electrons. The summed E-state index contributed by atoms with van der Waals surface area (Å²) in [6, 6.07) is 7.16. The van der Waals surface area contributed by atoms with Crippen molar-refractivity contribution in [2.24, 2.45) is 5.41 Å². The van der Waals surface area contributed by atoms with Crippen molar-refractivity contribution < 1.29 is 4.39 Å². The molecular weight excluding hydrogens is 199 g/mol. The third-order valence-corrected chi connectivity index (χ3v) is 4.44. The Kier molecular flexibility index (Phi) is 1.57. The normalized spacial score (nSPS) is 38.7. The van der Waals surface area contributed by atoms with Crippen LogP contribution in [0.25, 0.3) is 0 Å². The number of hydrogen-bond donors (Lipinski definition) is 0. The number of rotatable bonds is 2. The summed E-state index contributed by atoms with van der Waals surface area (Å²) < 4.78 is 13.5. The first-order valence-electron chi connectivity index (χ1n) is 5.01. The Bertz CT molecular complexity index is 366. The molecule has 0 N–H and O–H groups in total. The highest BCUT2D eigenvalue weighted by Crippen LogP contribution is 2.74. The lowest BCUT2D eigenvalue weighted by molar-refractivity contribution is -0.124. The molecule has 0 saturated heterocycles. The first kappa shape index (κ1) is 8.72. The lowest BCUT2D eigenvalue weighted by atomic mass is 9.34. The summed E-state index contributed by atoms with van der Waals surface area (Å²) in [4.78, 5) is 0. The van der Waals surface area contributed by atoms with Crippen molar-refractivity contribution in [3.8, 4) is 0 Å². The Balaban J connectivity index is 1.91. The largest absolute Gasteiger partial charge is 0.207 e. The SMILES string of the molecule is Fc1ccccc1C12CC(CCl)(C1)C2. The van der Waals surface area contributed by atoms with Gasteiger partial charge in [0.15, 0.2) is 0 Å². The molecule has 14 heavy (non-hydrogen) atoms. The minimum atomic E-state index is -0.0460. The van der Waals surface area contributed by atoms with Crippen LogP contribution >= 0.6 is 11.6 Å². The van der Waals surface area contributed by atoms with E-state index in [1.54, 1.807) is 12.1 Å². The van der Waals surface area contributed by atoms with Gasteiger partial charge in [-0.1, -0.05) is 18.2 Å². The maximum Gasteiger partial charge on any atom is 0.126 e. The van der Waals surface area contributed by atoms with Crippen LogP contribution in [-0.4, -0.2) is 5.88 Å². The zero-order valence-corrected chi connectivity index (χ0v) is 8.65. The summed E-state index contributed by atoms with van der Waals surface area (Å²) in [6.07, 6.45) is 3.26. The van der Waals surface area contributed by atoms with Gasteiger partial charge in [0.1, 0.15) is 5.82 Å². The summed E-state index contributed by atoms with van der Waals surface area (Å²) in [6.45, 7) is 0. The Labute approximate surface area is 88.1 Å². The van der Waals surface area contributed by atoms with Gasteiger partial charge in [-0.15, -0.1) is 11.6 Å². The van der Waals surface area contributed by atoms with Crippen molar-refractivity contribution in [2.75, 3.05) is 5.88 Å². The van der Waals surface area contributed by atoms with Crippen LogP contribution in [-0.2, 0) is 5.41 Å². The quantitative estimate of drug-likeness (QED) is 0.656. The molecule has 0 spiro atoms. The Hall–Kier alpha value is -0.560. The predicted molar refractivity (Wildman–Crippen MR) is 55.1 cm³/mol. The Morgan fingerprint density at radius 3 is 2.43 bits per heavy atom. The number of halogens is 2. The molecule has 0 amide bonds. The first-order valence-corrected chi connectivity index (χ1v) is 5.54. The van der Waals surface area contributed by atoms with Crippen molar-refractivity contribution in [1.82, 2.24) is 0 Å². The number of hydrogen-bond acceptors (Lipinski definition) is 0. The number of benzene rings is 1. The third-order valence-electron chi connectivity index (χ3n) is 3.87. The summed E-state index contributed by atoms with van der Waals surface area (Å²) in [5, 5.41) is 0. The zero-order valence-electron chi connectivity index (χ0n) is 7.89. The summed E-state index contributed by atoms with van der Waals surface area (Å²) >= 11 is 5.88. The molecule has 0 nitrogen and oxygen atoms in total. The topological polar surface area (TPSA) is 0 Å².